The molecule has 5 aromatic rings. The van der Waals surface area contributed by atoms with Crippen molar-refractivity contribution in [2.45, 2.75) is 88.9 Å². The first-order valence-corrected chi connectivity index (χ1v) is 19.2. The van der Waals surface area contributed by atoms with Crippen LogP contribution in [0.5, 0.6) is 11.5 Å². The van der Waals surface area contributed by atoms with Crippen molar-refractivity contribution in [2.75, 3.05) is 31.7 Å². The number of carbonyl (C=O) groups is 2. The molecule has 0 bridgehead atoms. The molecule has 1 fully saturated rings. The molecule has 0 radical (unpaired) electrons. The molecule has 7 rings (SSSR count). The third-order valence-electron chi connectivity index (χ3n) is 10.4. The highest BCUT2D eigenvalue weighted by atomic mass is 19.3. The van der Waals surface area contributed by atoms with Gasteiger partial charge in [0.25, 0.3) is 0 Å². The number of amides is 1. The van der Waals surface area contributed by atoms with Gasteiger partial charge in [0.15, 0.2) is 11.5 Å². The van der Waals surface area contributed by atoms with Crippen molar-refractivity contribution in [3.05, 3.63) is 95.0 Å². The number of carbonyl (C=O) groups excluding carboxylic acids is 1. The summed E-state index contributed by atoms with van der Waals surface area (Å²) in [6, 6.07) is 12.5. The van der Waals surface area contributed by atoms with E-state index in [1.165, 1.54) is 47.4 Å². The lowest BCUT2D eigenvalue weighted by molar-refractivity contribution is -0.286. The Balaban J connectivity index is 0.903. The van der Waals surface area contributed by atoms with Gasteiger partial charge in [-0.1, -0.05) is 19.9 Å². The first kappa shape index (κ1) is 41.6. The Morgan fingerprint density at radius 2 is 1.71 bits per heavy atom. The molecule has 2 aromatic carbocycles. The number of fused-ring (bicyclic) bond motifs is 2. The van der Waals surface area contributed by atoms with E-state index >= 15 is 4.39 Å². The normalized spacial score (nSPS) is 15.7. The van der Waals surface area contributed by atoms with Crippen LogP contribution in [-0.2, 0) is 44.8 Å². The van der Waals surface area contributed by atoms with Gasteiger partial charge in [0, 0.05) is 42.0 Å². The number of halogens is 3. The molecule has 2 aliphatic rings. The molecule has 15 nitrogen and oxygen atoms in total. The van der Waals surface area contributed by atoms with Gasteiger partial charge in [-0.25, -0.2) is 9.18 Å². The summed E-state index contributed by atoms with van der Waals surface area (Å²) in [7, 11) is 0. The SMILES string of the molecule is CC(C)(COCCCCCOCc1ccc(Cn2cc(C(=O)O)cn2)nn1)c1cc2cc(NC(=O)C3(c4ccc5c(c4)OC(F)(F)O5)CC3)c(F)cc2n1CC(O)CO. The number of nitrogens with one attached hydrogen (secondary N) is 1. The number of ether oxygens (including phenoxy) is 4. The molecule has 1 aliphatic carbocycles. The second kappa shape index (κ2) is 17.0. The number of carboxylic acids is 1. The maximum Gasteiger partial charge on any atom is 0.586 e. The largest absolute Gasteiger partial charge is 0.586 e. The van der Waals surface area contributed by atoms with Gasteiger partial charge in [0.1, 0.15) is 5.82 Å². The summed E-state index contributed by atoms with van der Waals surface area (Å²) in [5.74, 6) is -2.55. The van der Waals surface area contributed by atoms with E-state index in [1.54, 1.807) is 16.7 Å². The van der Waals surface area contributed by atoms with Crippen molar-refractivity contribution in [2.24, 2.45) is 0 Å². The summed E-state index contributed by atoms with van der Waals surface area (Å²) >= 11 is 0. The molecule has 314 valence electrons. The number of alkyl halides is 2. The Bertz CT molecular complexity index is 2310. The summed E-state index contributed by atoms with van der Waals surface area (Å²) in [6.45, 7) is 5.34. The molecule has 59 heavy (non-hydrogen) atoms. The highest BCUT2D eigenvalue weighted by molar-refractivity contribution is 6.03. The van der Waals surface area contributed by atoms with Crippen LogP contribution in [0.2, 0.25) is 0 Å². The Hall–Kier alpha value is -5.56. The number of aliphatic hydroxyl groups excluding tert-OH is 2. The third kappa shape index (κ3) is 9.51. The molecule has 1 unspecified atom stereocenters. The van der Waals surface area contributed by atoms with Crippen LogP contribution in [0.15, 0.2) is 60.9 Å². The Morgan fingerprint density at radius 3 is 2.41 bits per heavy atom. The summed E-state index contributed by atoms with van der Waals surface area (Å²) in [5, 5.41) is 44.8. The average molecular weight is 823 g/mol. The molecule has 0 spiro atoms. The number of aliphatic hydroxyl groups is 2. The van der Waals surface area contributed by atoms with Gasteiger partial charge in [-0.3, -0.25) is 9.48 Å². The first-order chi connectivity index (χ1) is 28.2. The standard InChI is InChI=1S/C41H45F3N6O9/c1-39(2,24-57-13-5-3-4-12-56-23-29-8-7-28(47-48-29)20-49-19-26(18-45-49)37(53)54)36-15-25-14-32(31(42)17-33(25)50(36)21-30(52)22-51)46-38(55)40(10-11-40)27-6-9-34-35(16-27)59-41(43,44)58-34/h6-9,14-19,30,51-52H,3-5,10-13,20-24H2,1-2H3,(H,46,55)(H,53,54). The lowest BCUT2D eigenvalue weighted by Crippen LogP contribution is -2.30. The topological polar surface area (TPSA) is 192 Å². The van der Waals surface area contributed by atoms with Crippen LogP contribution in [0.3, 0.4) is 0 Å². The molecule has 18 heteroatoms. The zero-order valence-corrected chi connectivity index (χ0v) is 32.5. The van der Waals surface area contributed by atoms with Crippen molar-refractivity contribution in [3.63, 3.8) is 0 Å². The van der Waals surface area contributed by atoms with E-state index in [0.29, 0.717) is 73.7 Å². The van der Waals surface area contributed by atoms with Crippen LogP contribution < -0.4 is 14.8 Å². The minimum atomic E-state index is -3.80. The van der Waals surface area contributed by atoms with Gasteiger partial charge < -0.3 is 44.2 Å². The van der Waals surface area contributed by atoms with Gasteiger partial charge in [-0.05, 0) is 74.1 Å². The van der Waals surface area contributed by atoms with Crippen LogP contribution in [0, 0.1) is 5.82 Å². The number of hydrogen-bond acceptors (Lipinski definition) is 11. The van der Waals surface area contributed by atoms with E-state index in [4.69, 9.17) is 14.6 Å². The molecule has 4 N–H and O–H groups in total. The van der Waals surface area contributed by atoms with Gasteiger partial charge in [0.05, 0.1) is 78.8 Å². The Labute approximate surface area is 336 Å². The third-order valence-corrected chi connectivity index (χ3v) is 10.4. The number of aromatic carboxylic acids is 1. The maximum atomic E-state index is 15.7. The Morgan fingerprint density at radius 1 is 0.983 bits per heavy atom. The van der Waals surface area contributed by atoms with Gasteiger partial charge in [0.2, 0.25) is 5.91 Å². The predicted molar refractivity (Wildman–Crippen MR) is 205 cm³/mol. The number of aromatic nitrogens is 5. The first-order valence-electron chi connectivity index (χ1n) is 19.2. The lowest BCUT2D eigenvalue weighted by Gasteiger charge is -2.27. The van der Waals surface area contributed by atoms with Crippen molar-refractivity contribution in [1.82, 2.24) is 24.5 Å². The van der Waals surface area contributed by atoms with Gasteiger partial charge >= 0.3 is 12.3 Å². The number of carboxylic acid groups (broad SMARTS) is 1. The van der Waals surface area contributed by atoms with E-state index < -0.39 is 47.5 Å². The van der Waals surface area contributed by atoms with E-state index in [0.717, 1.165) is 25.0 Å². The fraction of sp³-hybridized carbons (Fsp3) is 0.439. The molecule has 4 heterocycles. The molecule has 1 aliphatic heterocycles. The molecule has 3 aromatic heterocycles. The second-order valence-electron chi connectivity index (χ2n) is 15.5. The summed E-state index contributed by atoms with van der Waals surface area (Å²) in [4.78, 5) is 24.6. The second-order valence-corrected chi connectivity index (χ2v) is 15.5. The van der Waals surface area contributed by atoms with Crippen LogP contribution in [0.4, 0.5) is 18.9 Å². The molecule has 0 saturated heterocycles. The summed E-state index contributed by atoms with van der Waals surface area (Å²) in [5.41, 5.74) is 1.34. The number of anilines is 1. The highest BCUT2D eigenvalue weighted by Crippen LogP contribution is 2.52. The molecular formula is C41H45F3N6O9. The number of benzene rings is 2. The fourth-order valence-corrected chi connectivity index (χ4v) is 7.10. The van der Waals surface area contributed by atoms with E-state index in [9.17, 15) is 28.6 Å². The number of hydrogen-bond donors (Lipinski definition) is 4. The van der Waals surface area contributed by atoms with Crippen molar-refractivity contribution in [1.29, 1.82) is 0 Å². The van der Waals surface area contributed by atoms with Crippen molar-refractivity contribution in [3.8, 4) is 11.5 Å². The van der Waals surface area contributed by atoms with Crippen LogP contribution in [0.1, 0.15) is 79.0 Å². The van der Waals surface area contributed by atoms with Crippen molar-refractivity contribution >= 4 is 28.5 Å². The summed E-state index contributed by atoms with van der Waals surface area (Å²) < 4.78 is 67.1. The minimum Gasteiger partial charge on any atom is -0.478 e. The zero-order chi connectivity index (χ0) is 42.0. The Kier molecular flexibility index (Phi) is 12.0. The van der Waals surface area contributed by atoms with Crippen molar-refractivity contribution < 1.29 is 57.0 Å². The number of nitrogens with zero attached hydrogens (tertiary/aromatic N) is 5. The van der Waals surface area contributed by atoms with Crippen LogP contribution in [0.25, 0.3) is 10.9 Å². The zero-order valence-electron chi connectivity index (χ0n) is 32.5. The maximum absolute atomic E-state index is 15.7. The fourth-order valence-electron chi connectivity index (χ4n) is 7.10. The minimum absolute atomic E-state index is 0.00740. The van der Waals surface area contributed by atoms with Gasteiger partial charge in [-0.2, -0.15) is 15.3 Å². The van der Waals surface area contributed by atoms with E-state index in [-0.39, 0.29) is 29.3 Å². The monoisotopic (exact) mass is 822 g/mol. The molecule has 1 amide bonds. The smallest absolute Gasteiger partial charge is 0.478 e. The van der Waals surface area contributed by atoms with E-state index in [1.807, 2.05) is 19.9 Å². The van der Waals surface area contributed by atoms with Crippen LogP contribution >= 0.6 is 0 Å². The lowest BCUT2D eigenvalue weighted by atomic mass is 9.90. The van der Waals surface area contributed by atoms with Gasteiger partial charge in [-0.15, -0.1) is 8.78 Å². The van der Waals surface area contributed by atoms with Crippen LogP contribution in [-0.4, -0.2) is 90.6 Å². The molecule has 1 saturated carbocycles. The molecular weight excluding hydrogens is 777 g/mol. The average Bonchev–Trinajstić information content (AvgIpc) is 3.59. The highest BCUT2D eigenvalue weighted by Gasteiger charge is 2.53. The quantitative estimate of drug-likeness (QED) is 0.0718. The van der Waals surface area contributed by atoms with E-state index in [2.05, 4.69) is 30.1 Å². The predicted octanol–water partition coefficient (Wildman–Crippen LogP) is 5.54. The summed E-state index contributed by atoms with van der Waals surface area (Å²) in [6.07, 6.45) is 1.11. The molecule has 1 atom stereocenters. The number of rotatable bonds is 20. The number of unbranched alkanes of at least 4 members (excludes halogenated alkanes) is 2.